The summed E-state index contributed by atoms with van der Waals surface area (Å²) < 4.78 is 1.66. The summed E-state index contributed by atoms with van der Waals surface area (Å²) in [6, 6.07) is 3.78. The maximum absolute atomic E-state index is 13.1. The van der Waals surface area contributed by atoms with Gasteiger partial charge < -0.3 is 20.2 Å². The highest BCUT2D eigenvalue weighted by atomic mass is 32.1. The van der Waals surface area contributed by atoms with Crippen molar-refractivity contribution in [3.8, 4) is 0 Å². The largest absolute Gasteiger partial charge is 0.465 e. The highest BCUT2D eigenvalue weighted by Crippen LogP contribution is 2.35. The van der Waals surface area contributed by atoms with Crippen LogP contribution in [0.25, 0.3) is 4.96 Å². The van der Waals surface area contributed by atoms with Crippen molar-refractivity contribution >= 4 is 39.1 Å². The molecule has 162 valence electrons. The van der Waals surface area contributed by atoms with Crippen LogP contribution in [0.15, 0.2) is 24.5 Å². The predicted octanol–water partition coefficient (Wildman–Crippen LogP) is 2.26. The van der Waals surface area contributed by atoms with Crippen molar-refractivity contribution < 1.29 is 14.7 Å². The van der Waals surface area contributed by atoms with Gasteiger partial charge in [0.25, 0.3) is 5.91 Å². The van der Waals surface area contributed by atoms with Gasteiger partial charge in [-0.15, -0.1) is 5.10 Å². The maximum Gasteiger partial charge on any atom is 0.404 e. The molecular weight excluding hydrogens is 418 g/mol. The molecule has 1 atom stereocenters. The first-order valence-corrected chi connectivity index (χ1v) is 11.1. The number of carbonyl (C=O) groups is 2. The Morgan fingerprint density at radius 3 is 3.03 bits per heavy atom. The van der Waals surface area contributed by atoms with Crippen LogP contribution in [0.4, 0.5) is 15.6 Å². The Morgan fingerprint density at radius 2 is 2.23 bits per heavy atom. The minimum Gasteiger partial charge on any atom is -0.465 e. The molecule has 0 spiro atoms. The molecule has 3 aromatic rings. The van der Waals surface area contributed by atoms with Crippen LogP contribution in [-0.2, 0) is 6.42 Å². The fraction of sp³-hybridized carbons (Fsp3) is 0.450. The Labute approximate surface area is 182 Å². The molecular formula is C20H23N7O3S. The Bertz CT molecular complexity index is 1130. The number of hydrogen-bond donors (Lipinski definition) is 2. The van der Waals surface area contributed by atoms with E-state index >= 15 is 0 Å². The third kappa shape index (κ3) is 3.69. The second-order valence-electron chi connectivity index (χ2n) is 8.41. The van der Waals surface area contributed by atoms with E-state index in [1.165, 1.54) is 11.3 Å². The standard InChI is InChI=1S/C20H23N7O3S/c1-20(11-22-19(29)30)6-9-25(12-20)18-24-27-10-14(23-17(27)31-18)16(28)26-8-3-4-13-15(26)5-2-7-21-13/h2,5,7,10,22H,3-4,6,8-9,11-12H2,1H3,(H,29,30). The van der Waals surface area contributed by atoms with Gasteiger partial charge in [0.2, 0.25) is 10.1 Å². The van der Waals surface area contributed by atoms with Gasteiger partial charge in [-0.25, -0.2) is 14.3 Å². The minimum absolute atomic E-state index is 0.136. The number of fused-ring (bicyclic) bond motifs is 2. The van der Waals surface area contributed by atoms with E-state index in [0.717, 1.165) is 42.3 Å². The molecule has 1 fully saturated rings. The summed E-state index contributed by atoms with van der Waals surface area (Å²) in [4.78, 5) is 37.4. The monoisotopic (exact) mass is 441 g/mol. The smallest absolute Gasteiger partial charge is 0.404 e. The zero-order valence-corrected chi connectivity index (χ0v) is 17.9. The van der Waals surface area contributed by atoms with Gasteiger partial charge in [0.15, 0.2) is 0 Å². The molecule has 2 aliphatic rings. The minimum atomic E-state index is -1.00. The zero-order valence-electron chi connectivity index (χ0n) is 17.1. The Balaban J connectivity index is 1.33. The Kier molecular flexibility index (Phi) is 4.77. The Hall–Kier alpha value is -3.21. The normalized spacial score (nSPS) is 20.8. The molecule has 2 N–H and O–H groups in total. The molecule has 5 rings (SSSR count). The molecule has 31 heavy (non-hydrogen) atoms. The van der Waals surface area contributed by atoms with Gasteiger partial charge in [-0.05, 0) is 31.4 Å². The SMILES string of the molecule is CC1(CNC(=O)O)CCN(c2nn3cc(C(=O)N4CCCc5ncccc54)nc3s2)C1. The van der Waals surface area contributed by atoms with Gasteiger partial charge in [-0.1, -0.05) is 18.3 Å². The van der Waals surface area contributed by atoms with Crippen molar-refractivity contribution in [3.05, 3.63) is 35.9 Å². The molecule has 0 aromatic carbocycles. The third-order valence-electron chi connectivity index (χ3n) is 5.94. The van der Waals surface area contributed by atoms with E-state index in [2.05, 4.69) is 32.2 Å². The fourth-order valence-electron chi connectivity index (χ4n) is 4.28. The van der Waals surface area contributed by atoms with Gasteiger partial charge >= 0.3 is 6.09 Å². The van der Waals surface area contributed by atoms with Crippen LogP contribution in [0, 0.1) is 5.41 Å². The molecule has 1 saturated heterocycles. The number of pyridine rings is 1. The lowest BCUT2D eigenvalue weighted by Crippen LogP contribution is -2.37. The van der Waals surface area contributed by atoms with Crippen LogP contribution in [0.5, 0.6) is 0 Å². The van der Waals surface area contributed by atoms with Gasteiger partial charge in [0, 0.05) is 37.8 Å². The molecule has 0 saturated carbocycles. The second kappa shape index (κ2) is 7.49. The van der Waals surface area contributed by atoms with Crippen molar-refractivity contribution in [2.45, 2.75) is 26.2 Å². The second-order valence-corrected chi connectivity index (χ2v) is 9.34. The maximum atomic E-state index is 13.1. The summed E-state index contributed by atoms with van der Waals surface area (Å²) in [6.45, 7) is 4.65. The average molecular weight is 442 g/mol. The number of anilines is 2. The van der Waals surface area contributed by atoms with Crippen molar-refractivity contribution in [1.29, 1.82) is 0 Å². The molecule has 2 amide bonds. The number of nitrogens with one attached hydrogen (secondary N) is 1. The highest BCUT2D eigenvalue weighted by molar-refractivity contribution is 7.20. The third-order valence-corrected chi connectivity index (χ3v) is 6.93. The van der Waals surface area contributed by atoms with Crippen molar-refractivity contribution in [1.82, 2.24) is 24.9 Å². The average Bonchev–Trinajstić information content (AvgIpc) is 3.45. The van der Waals surface area contributed by atoms with Crippen LogP contribution in [0.1, 0.15) is 35.9 Å². The lowest BCUT2D eigenvalue weighted by atomic mass is 9.90. The van der Waals surface area contributed by atoms with E-state index < -0.39 is 6.09 Å². The molecule has 5 heterocycles. The van der Waals surface area contributed by atoms with Crippen molar-refractivity contribution in [2.75, 3.05) is 36.0 Å². The first-order chi connectivity index (χ1) is 14.9. The van der Waals surface area contributed by atoms with Crippen LogP contribution in [-0.4, -0.2) is 62.9 Å². The van der Waals surface area contributed by atoms with Crippen molar-refractivity contribution in [3.63, 3.8) is 0 Å². The van der Waals surface area contributed by atoms with Gasteiger partial charge in [0.05, 0.1) is 17.6 Å². The summed E-state index contributed by atoms with van der Waals surface area (Å²) in [7, 11) is 0. The van der Waals surface area contributed by atoms with Crippen LogP contribution in [0.3, 0.4) is 0 Å². The summed E-state index contributed by atoms with van der Waals surface area (Å²) in [5, 5.41) is 16.8. The number of hydrogen-bond acceptors (Lipinski definition) is 7. The van der Waals surface area contributed by atoms with E-state index in [-0.39, 0.29) is 11.3 Å². The van der Waals surface area contributed by atoms with Crippen LogP contribution in [0.2, 0.25) is 0 Å². The number of carboxylic acid groups (broad SMARTS) is 1. The molecule has 3 aromatic heterocycles. The van der Waals surface area contributed by atoms with E-state index in [1.807, 2.05) is 12.1 Å². The quantitative estimate of drug-likeness (QED) is 0.638. The van der Waals surface area contributed by atoms with E-state index in [9.17, 15) is 9.59 Å². The van der Waals surface area contributed by atoms with Crippen LogP contribution >= 0.6 is 11.3 Å². The Morgan fingerprint density at radius 1 is 1.35 bits per heavy atom. The number of amides is 2. The summed E-state index contributed by atoms with van der Waals surface area (Å²) in [6.07, 6.45) is 5.07. The summed E-state index contributed by atoms with van der Waals surface area (Å²) in [5.41, 5.74) is 2.04. The number of imidazole rings is 1. The molecule has 2 aliphatic heterocycles. The number of carbonyl (C=O) groups excluding carboxylic acids is 1. The number of nitrogens with zero attached hydrogens (tertiary/aromatic N) is 6. The van der Waals surface area contributed by atoms with Gasteiger partial charge in [-0.3, -0.25) is 9.78 Å². The zero-order chi connectivity index (χ0) is 21.6. The molecule has 0 aliphatic carbocycles. The fourth-order valence-corrected chi connectivity index (χ4v) is 5.19. The lowest BCUT2D eigenvalue weighted by Gasteiger charge is -2.27. The van der Waals surface area contributed by atoms with E-state index in [1.54, 1.807) is 21.8 Å². The highest BCUT2D eigenvalue weighted by Gasteiger charge is 2.36. The summed E-state index contributed by atoms with van der Waals surface area (Å²) >= 11 is 1.44. The van der Waals surface area contributed by atoms with Gasteiger partial charge in [-0.2, -0.15) is 0 Å². The molecule has 0 bridgehead atoms. The molecule has 0 radical (unpaired) electrons. The molecule has 1 unspecified atom stereocenters. The molecule has 10 nitrogen and oxygen atoms in total. The van der Waals surface area contributed by atoms with Crippen LogP contribution < -0.4 is 15.1 Å². The number of aromatic nitrogens is 4. The topological polar surface area (TPSA) is 116 Å². The first-order valence-electron chi connectivity index (χ1n) is 10.3. The van der Waals surface area contributed by atoms with E-state index in [4.69, 9.17) is 5.11 Å². The predicted molar refractivity (Wildman–Crippen MR) is 116 cm³/mol. The van der Waals surface area contributed by atoms with Gasteiger partial charge in [0.1, 0.15) is 5.69 Å². The lowest BCUT2D eigenvalue weighted by molar-refractivity contribution is 0.0980. The molecule has 11 heteroatoms. The van der Waals surface area contributed by atoms with E-state index in [0.29, 0.717) is 30.3 Å². The first kappa shape index (κ1) is 19.7. The van der Waals surface area contributed by atoms with Crippen molar-refractivity contribution in [2.24, 2.45) is 5.41 Å². The number of rotatable bonds is 4. The summed E-state index contributed by atoms with van der Waals surface area (Å²) in [5.74, 6) is -0.137. The number of aryl methyl sites for hydroxylation is 1.